The van der Waals surface area contributed by atoms with Crippen molar-refractivity contribution in [3.8, 4) is 0 Å². The smallest absolute Gasteiger partial charge is 0.326 e. The summed E-state index contributed by atoms with van der Waals surface area (Å²) in [5, 5.41) is 11.9. The van der Waals surface area contributed by atoms with Crippen LogP contribution in [-0.4, -0.2) is 46.9 Å². The van der Waals surface area contributed by atoms with Crippen LogP contribution in [0.4, 0.5) is 0 Å². The molecule has 2 unspecified atom stereocenters. The first kappa shape index (κ1) is 19.5. The molecule has 0 aromatic carbocycles. The van der Waals surface area contributed by atoms with E-state index in [2.05, 4.69) is 12.2 Å². The van der Waals surface area contributed by atoms with Crippen LogP contribution >= 0.6 is 0 Å². The van der Waals surface area contributed by atoms with E-state index in [0.717, 1.165) is 32.1 Å². The summed E-state index contributed by atoms with van der Waals surface area (Å²) in [4.78, 5) is 37.4. The summed E-state index contributed by atoms with van der Waals surface area (Å²) >= 11 is 0. The van der Waals surface area contributed by atoms with Gasteiger partial charge in [0.25, 0.3) is 0 Å². The second-order valence-electron chi connectivity index (χ2n) is 6.32. The fourth-order valence-corrected chi connectivity index (χ4v) is 2.94. The summed E-state index contributed by atoms with van der Waals surface area (Å²) in [5.74, 6) is -1.42. The molecule has 132 valence electrons. The number of carboxylic acids is 1. The molecule has 2 atom stereocenters. The Hall–Kier alpha value is -1.59. The molecule has 2 N–H and O–H groups in total. The number of carbonyl (C=O) groups is 3. The lowest BCUT2D eigenvalue weighted by atomic mass is 9.96. The predicted octanol–water partition coefficient (Wildman–Crippen LogP) is 2.17. The minimum Gasteiger partial charge on any atom is -0.480 e. The molecule has 1 aliphatic heterocycles. The summed E-state index contributed by atoms with van der Waals surface area (Å²) < 4.78 is 0. The fourth-order valence-electron chi connectivity index (χ4n) is 2.94. The van der Waals surface area contributed by atoms with E-state index in [1.54, 1.807) is 4.90 Å². The molecule has 0 saturated carbocycles. The quantitative estimate of drug-likeness (QED) is 0.636. The van der Waals surface area contributed by atoms with Gasteiger partial charge in [0.05, 0.1) is 5.92 Å². The molecule has 6 nitrogen and oxygen atoms in total. The largest absolute Gasteiger partial charge is 0.480 e. The van der Waals surface area contributed by atoms with E-state index >= 15 is 0 Å². The number of nitrogens with one attached hydrogen (secondary N) is 1. The van der Waals surface area contributed by atoms with Crippen molar-refractivity contribution < 1.29 is 19.5 Å². The van der Waals surface area contributed by atoms with Gasteiger partial charge in [-0.05, 0) is 25.7 Å². The van der Waals surface area contributed by atoms with E-state index in [-0.39, 0.29) is 17.7 Å². The molecular weight excluding hydrogens is 296 g/mol. The second kappa shape index (κ2) is 10.2. The van der Waals surface area contributed by atoms with Crippen LogP contribution in [0.15, 0.2) is 0 Å². The molecule has 0 aromatic rings. The summed E-state index contributed by atoms with van der Waals surface area (Å²) in [6, 6.07) is -0.823. The second-order valence-corrected chi connectivity index (χ2v) is 6.32. The van der Waals surface area contributed by atoms with Crippen molar-refractivity contribution in [1.82, 2.24) is 10.2 Å². The van der Waals surface area contributed by atoms with Crippen molar-refractivity contribution in [2.75, 3.05) is 13.1 Å². The zero-order valence-electron chi connectivity index (χ0n) is 14.3. The topological polar surface area (TPSA) is 86.7 Å². The number of rotatable bonds is 9. The Kier molecular flexibility index (Phi) is 8.66. The maximum Gasteiger partial charge on any atom is 0.326 e. The average molecular weight is 326 g/mol. The average Bonchev–Trinajstić information content (AvgIpc) is 2.54. The van der Waals surface area contributed by atoms with Crippen molar-refractivity contribution in [2.24, 2.45) is 5.92 Å². The van der Waals surface area contributed by atoms with E-state index in [1.807, 2.05) is 6.92 Å². The number of carbonyl (C=O) groups excluding carboxylic acids is 2. The molecule has 1 rings (SSSR count). The minimum absolute atomic E-state index is 0.0859. The lowest BCUT2D eigenvalue weighted by molar-refractivity contribution is -0.144. The number of hydrogen-bond donors (Lipinski definition) is 2. The molecule has 0 spiro atoms. The van der Waals surface area contributed by atoms with E-state index in [4.69, 9.17) is 0 Å². The highest BCUT2D eigenvalue weighted by atomic mass is 16.4. The summed E-state index contributed by atoms with van der Waals surface area (Å²) in [6.07, 6.45) is 6.03. The van der Waals surface area contributed by atoms with Gasteiger partial charge in [-0.3, -0.25) is 9.59 Å². The lowest BCUT2D eigenvalue weighted by Gasteiger charge is -2.32. The van der Waals surface area contributed by atoms with Gasteiger partial charge >= 0.3 is 5.97 Å². The van der Waals surface area contributed by atoms with E-state index < -0.39 is 12.0 Å². The van der Waals surface area contributed by atoms with Gasteiger partial charge in [-0.1, -0.05) is 33.1 Å². The van der Waals surface area contributed by atoms with Gasteiger partial charge in [0.15, 0.2) is 0 Å². The number of carboxylic acid groups (broad SMARTS) is 1. The SMILES string of the molecule is CCCCCC(NC(=O)C1CCCN(C(=O)CCC)C1)C(=O)O. The van der Waals surface area contributed by atoms with Gasteiger partial charge < -0.3 is 15.3 Å². The van der Waals surface area contributed by atoms with E-state index in [0.29, 0.717) is 32.4 Å². The highest BCUT2D eigenvalue weighted by Crippen LogP contribution is 2.18. The molecule has 0 bridgehead atoms. The van der Waals surface area contributed by atoms with E-state index in [9.17, 15) is 19.5 Å². The van der Waals surface area contributed by atoms with Crippen LogP contribution in [0.5, 0.6) is 0 Å². The maximum atomic E-state index is 12.4. The third-order valence-electron chi connectivity index (χ3n) is 4.32. The standard InChI is InChI=1S/C17H30N2O4/c1-3-5-6-10-14(17(22)23)18-16(21)13-9-7-11-19(12-13)15(20)8-4-2/h13-14H,3-12H2,1-2H3,(H,18,21)(H,22,23). The normalized spacial score (nSPS) is 19.2. The van der Waals surface area contributed by atoms with Gasteiger partial charge in [0.1, 0.15) is 6.04 Å². The van der Waals surface area contributed by atoms with Gasteiger partial charge in [0, 0.05) is 19.5 Å². The molecule has 23 heavy (non-hydrogen) atoms. The zero-order valence-corrected chi connectivity index (χ0v) is 14.3. The monoisotopic (exact) mass is 326 g/mol. The Morgan fingerprint density at radius 1 is 1.22 bits per heavy atom. The highest BCUT2D eigenvalue weighted by molar-refractivity contribution is 5.86. The van der Waals surface area contributed by atoms with Crippen LogP contribution in [0, 0.1) is 5.92 Å². The molecule has 0 aliphatic carbocycles. The number of hydrogen-bond acceptors (Lipinski definition) is 3. The number of amides is 2. The molecule has 6 heteroatoms. The van der Waals surface area contributed by atoms with E-state index in [1.165, 1.54) is 0 Å². The van der Waals surface area contributed by atoms with Crippen molar-refractivity contribution in [2.45, 2.75) is 71.3 Å². The summed E-state index contributed by atoms with van der Waals surface area (Å²) in [5.41, 5.74) is 0. The van der Waals surface area contributed by atoms with Crippen LogP contribution in [0.1, 0.15) is 65.2 Å². The molecule has 1 fully saturated rings. The predicted molar refractivity (Wildman–Crippen MR) is 87.9 cm³/mol. The van der Waals surface area contributed by atoms with Crippen molar-refractivity contribution in [3.63, 3.8) is 0 Å². The summed E-state index contributed by atoms with van der Waals surface area (Å²) in [6.45, 7) is 5.12. The number of unbranched alkanes of at least 4 members (excludes halogenated alkanes) is 2. The number of aliphatic carboxylic acids is 1. The van der Waals surface area contributed by atoms with Gasteiger partial charge in [-0.2, -0.15) is 0 Å². The van der Waals surface area contributed by atoms with Gasteiger partial charge in [-0.25, -0.2) is 4.79 Å². The van der Waals surface area contributed by atoms with Crippen LogP contribution < -0.4 is 5.32 Å². The molecular formula is C17H30N2O4. The van der Waals surface area contributed by atoms with Gasteiger partial charge in [-0.15, -0.1) is 0 Å². The van der Waals surface area contributed by atoms with Crippen molar-refractivity contribution in [3.05, 3.63) is 0 Å². The highest BCUT2D eigenvalue weighted by Gasteiger charge is 2.30. The Labute approximate surface area is 138 Å². The third-order valence-corrected chi connectivity index (χ3v) is 4.32. The Morgan fingerprint density at radius 3 is 2.57 bits per heavy atom. The van der Waals surface area contributed by atoms with Crippen LogP contribution in [0.2, 0.25) is 0 Å². The Bertz CT molecular complexity index is 411. The molecule has 1 saturated heterocycles. The molecule has 1 heterocycles. The van der Waals surface area contributed by atoms with Gasteiger partial charge in [0.2, 0.25) is 11.8 Å². The molecule has 1 aliphatic rings. The number of piperidine rings is 1. The molecule has 2 amide bonds. The van der Waals surface area contributed by atoms with Crippen molar-refractivity contribution in [1.29, 1.82) is 0 Å². The number of likely N-dealkylation sites (tertiary alicyclic amines) is 1. The first-order valence-corrected chi connectivity index (χ1v) is 8.80. The fraction of sp³-hybridized carbons (Fsp3) is 0.824. The van der Waals surface area contributed by atoms with Crippen molar-refractivity contribution >= 4 is 17.8 Å². The van der Waals surface area contributed by atoms with Crippen LogP contribution in [0.3, 0.4) is 0 Å². The molecule has 0 radical (unpaired) electrons. The lowest BCUT2D eigenvalue weighted by Crippen LogP contribution is -2.49. The molecule has 0 aromatic heterocycles. The summed E-state index contributed by atoms with van der Waals surface area (Å²) in [7, 11) is 0. The van der Waals surface area contributed by atoms with Crippen LogP contribution in [0.25, 0.3) is 0 Å². The van der Waals surface area contributed by atoms with Crippen LogP contribution in [-0.2, 0) is 14.4 Å². The number of nitrogens with zero attached hydrogens (tertiary/aromatic N) is 1. The maximum absolute atomic E-state index is 12.4. The Morgan fingerprint density at radius 2 is 1.96 bits per heavy atom. The third kappa shape index (κ3) is 6.59. The first-order valence-electron chi connectivity index (χ1n) is 8.80. The zero-order chi connectivity index (χ0) is 17.2. The Balaban J connectivity index is 2.53. The first-order chi connectivity index (χ1) is 11.0. The minimum atomic E-state index is -0.982.